The standard InChI is InChI=1S/C14H18FNO3/c1-16(8-10-4-3-7-19-9-10)14(18)13-11(15)5-2-6-12(13)17/h2,5-6,10,17H,3-4,7-9H2,1H3. The molecule has 4 nitrogen and oxygen atoms in total. The maximum absolute atomic E-state index is 13.6. The van der Waals surface area contributed by atoms with E-state index in [0.29, 0.717) is 13.2 Å². The first kappa shape index (κ1) is 13.8. The fourth-order valence-corrected chi connectivity index (χ4v) is 2.34. The van der Waals surface area contributed by atoms with Gasteiger partial charge in [0.1, 0.15) is 17.1 Å². The van der Waals surface area contributed by atoms with Crippen molar-refractivity contribution in [3.8, 4) is 5.75 Å². The van der Waals surface area contributed by atoms with Gasteiger partial charge in [0.05, 0.1) is 6.61 Å². The van der Waals surface area contributed by atoms with Crippen LogP contribution in [-0.4, -0.2) is 42.7 Å². The van der Waals surface area contributed by atoms with E-state index in [1.165, 1.54) is 23.1 Å². The van der Waals surface area contributed by atoms with E-state index in [-0.39, 0.29) is 17.2 Å². The van der Waals surface area contributed by atoms with Crippen LogP contribution >= 0.6 is 0 Å². The summed E-state index contributed by atoms with van der Waals surface area (Å²) in [6.07, 6.45) is 1.98. The number of halogens is 1. The molecule has 104 valence electrons. The van der Waals surface area contributed by atoms with Gasteiger partial charge in [-0.25, -0.2) is 4.39 Å². The van der Waals surface area contributed by atoms with E-state index in [4.69, 9.17) is 4.74 Å². The van der Waals surface area contributed by atoms with E-state index in [2.05, 4.69) is 0 Å². The number of nitrogens with zero attached hydrogens (tertiary/aromatic N) is 1. The zero-order valence-electron chi connectivity index (χ0n) is 10.9. The number of hydrogen-bond acceptors (Lipinski definition) is 3. The summed E-state index contributed by atoms with van der Waals surface area (Å²) >= 11 is 0. The lowest BCUT2D eigenvalue weighted by Crippen LogP contribution is -2.35. The lowest BCUT2D eigenvalue weighted by Gasteiger charge is -2.27. The number of rotatable bonds is 3. The quantitative estimate of drug-likeness (QED) is 0.911. The molecule has 0 bridgehead atoms. The average Bonchev–Trinajstić information content (AvgIpc) is 2.39. The Bertz CT molecular complexity index is 438. The van der Waals surface area contributed by atoms with Crippen LogP contribution in [0.4, 0.5) is 4.39 Å². The molecule has 1 N–H and O–H groups in total. The topological polar surface area (TPSA) is 49.8 Å². The first-order valence-corrected chi connectivity index (χ1v) is 6.40. The van der Waals surface area contributed by atoms with E-state index in [9.17, 15) is 14.3 Å². The Kier molecular flexibility index (Phi) is 4.37. The van der Waals surface area contributed by atoms with E-state index in [1.54, 1.807) is 7.05 Å². The van der Waals surface area contributed by atoms with Crippen LogP contribution in [0.3, 0.4) is 0 Å². The number of hydrogen-bond donors (Lipinski definition) is 1. The van der Waals surface area contributed by atoms with Crippen LogP contribution in [0.15, 0.2) is 18.2 Å². The summed E-state index contributed by atoms with van der Waals surface area (Å²) in [6.45, 7) is 1.90. The third kappa shape index (κ3) is 3.23. The monoisotopic (exact) mass is 267 g/mol. The lowest BCUT2D eigenvalue weighted by atomic mass is 10.0. The van der Waals surface area contributed by atoms with Gasteiger partial charge in [-0.3, -0.25) is 4.79 Å². The largest absolute Gasteiger partial charge is 0.507 e. The first-order chi connectivity index (χ1) is 9.09. The zero-order chi connectivity index (χ0) is 13.8. The van der Waals surface area contributed by atoms with Crippen LogP contribution in [0.1, 0.15) is 23.2 Å². The number of ether oxygens (including phenoxy) is 1. The van der Waals surface area contributed by atoms with Gasteiger partial charge in [-0.2, -0.15) is 0 Å². The minimum Gasteiger partial charge on any atom is -0.507 e. The van der Waals surface area contributed by atoms with E-state index in [0.717, 1.165) is 19.4 Å². The molecule has 0 radical (unpaired) electrons. The molecule has 0 saturated carbocycles. The van der Waals surface area contributed by atoms with Gasteiger partial charge in [0, 0.05) is 20.2 Å². The molecule has 1 amide bonds. The zero-order valence-corrected chi connectivity index (χ0v) is 10.9. The molecule has 1 aliphatic heterocycles. The molecule has 0 aliphatic carbocycles. The highest BCUT2D eigenvalue weighted by molar-refractivity contribution is 5.96. The third-order valence-corrected chi connectivity index (χ3v) is 3.34. The number of carbonyl (C=O) groups excluding carboxylic acids is 1. The highest BCUT2D eigenvalue weighted by atomic mass is 19.1. The number of amides is 1. The van der Waals surface area contributed by atoms with Gasteiger partial charge in [0.25, 0.3) is 5.91 Å². The Hall–Kier alpha value is -1.62. The summed E-state index contributed by atoms with van der Waals surface area (Å²) in [4.78, 5) is 13.6. The maximum atomic E-state index is 13.6. The van der Waals surface area contributed by atoms with E-state index >= 15 is 0 Å². The van der Waals surface area contributed by atoms with Crippen molar-refractivity contribution >= 4 is 5.91 Å². The van der Waals surface area contributed by atoms with Crippen LogP contribution < -0.4 is 0 Å². The predicted octanol–water partition coefficient (Wildman–Crippen LogP) is 2.03. The van der Waals surface area contributed by atoms with Crippen molar-refractivity contribution in [2.45, 2.75) is 12.8 Å². The lowest BCUT2D eigenvalue weighted by molar-refractivity contribution is 0.0386. The number of benzene rings is 1. The molecule has 5 heteroatoms. The second-order valence-corrected chi connectivity index (χ2v) is 4.90. The minimum absolute atomic E-state index is 0.262. The molecule has 1 atom stereocenters. The number of phenolic OH excluding ortho intramolecular Hbond substituents is 1. The molecule has 1 fully saturated rings. The van der Waals surface area contributed by atoms with Gasteiger partial charge in [0.15, 0.2) is 0 Å². The van der Waals surface area contributed by atoms with Crippen LogP contribution in [-0.2, 0) is 4.74 Å². The Balaban J connectivity index is 2.06. The molecular formula is C14H18FNO3. The normalized spacial score (nSPS) is 19.2. The third-order valence-electron chi connectivity index (χ3n) is 3.34. The van der Waals surface area contributed by atoms with Gasteiger partial charge in [-0.15, -0.1) is 0 Å². The van der Waals surface area contributed by atoms with Crippen molar-refractivity contribution in [1.29, 1.82) is 0 Å². The molecule has 1 aromatic rings. The maximum Gasteiger partial charge on any atom is 0.260 e. The second-order valence-electron chi connectivity index (χ2n) is 4.90. The smallest absolute Gasteiger partial charge is 0.260 e. The van der Waals surface area contributed by atoms with Gasteiger partial charge >= 0.3 is 0 Å². The molecule has 2 rings (SSSR count). The van der Waals surface area contributed by atoms with Crippen LogP contribution in [0, 0.1) is 11.7 Å². The Morgan fingerprint density at radius 3 is 3.00 bits per heavy atom. The molecule has 1 unspecified atom stereocenters. The van der Waals surface area contributed by atoms with Crippen molar-refractivity contribution in [1.82, 2.24) is 4.90 Å². The van der Waals surface area contributed by atoms with Crippen molar-refractivity contribution in [3.05, 3.63) is 29.6 Å². The predicted molar refractivity (Wildman–Crippen MR) is 68.6 cm³/mol. The summed E-state index contributed by atoms with van der Waals surface area (Å²) in [5, 5.41) is 9.60. The van der Waals surface area contributed by atoms with Crippen LogP contribution in [0.5, 0.6) is 5.75 Å². The molecule has 0 aromatic heterocycles. The molecule has 1 heterocycles. The fraction of sp³-hybridized carbons (Fsp3) is 0.500. The molecular weight excluding hydrogens is 249 g/mol. The van der Waals surface area contributed by atoms with Crippen molar-refractivity contribution in [3.63, 3.8) is 0 Å². The number of carbonyl (C=O) groups is 1. The summed E-state index contributed by atoms with van der Waals surface area (Å²) in [5.74, 6) is -1.24. The SMILES string of the molecule is CN(CC1CCCOC1)C(=O)c1c(O)cccc1F. The highest BCUT2D eigenvalue weighted by Crippen LogP contribution is 2.22. The van der Waals surface area contributed by atoms with Crippen molar-refractivity contribution in [2.75, 3.05) is 26.8 Å². The Morgan fingerprint density at radius 2 is 2.37 bits per heavy atom. The highest BCUT2D eigenvalue weighted by Gasteiger charge is 2.23. The Labute approximate surface area is 111 Å². The minimum atomic E-state index is -0.697. The number of aromatic hydroxyl groups is 1. The average molecular weight is 267 g/mol. The van der Waals surface area contributed by atoms with E-state index < -0.39 is 11.7 Å². The molecule has 1 saturated heterocycles. The fourth-order valence-electron chi connectivity index (χ4n) is 2.34. The Morgan fingerprint density at radius 1 is 1.58 bits per heavy atom. The molecule has 1 aliphatic rings. The first-order valence-electron chi connectivity index (χ1n) is 6.40. The summed E-state index contributed by atoms with van der Waals surface area (Å²) in [5.41, 5.74) is -0.262. The van der Waals surface area contributed by atoms with E-state index in [1.807, 2.05) is 0 Å². The van der Waals surface area contributed by atoms with Crippen LogP contribution in [0.2, 0.25) is 0 Å². The summed E-state index contributed by atoms with van der Waals surface area (Å²) < 4.78 is 19.0. The van der Waals surface area contributed by atoms with Gasteiger partial charge in [-0.1, -0.05) is 6.07 Å². The van der Waals surface area contributed by atoms with Crippen molar-refractivity contribution < 1.29 is 19.0 Å². The molecule has 0 spiro atoms. The number of phenols is 1. The molecule has 19 heavy (non-hydrogen) atoms. The van der Waals surface area contributed by atoms with Gasteiger partial charge in [-0.05, 0) is 30.9 Å². The summed E-state index contributed by atoms with van der Waals surface area (Å²) in [6, 6.07) is 3.86. The summed E-state index contributed by atoms with van der Waals surface area (Å²) in [7, 11) is 1.61. The second kappa shape index (κ2) is 6.02. The van der Waals surface area contributed by atoms with Gasteiger partial charge < -0.3 is 14.7 Å². The van der Waals surface area contributed by atoms with Crippen molar-refractivity contribution in [2.24, 2.45) is 5.92 Å². The van der Waals surface area contributed by atoms with Crippen LogP contribution in [0.25, 0.3) is 0 Å². The molecule has 1 aromatic carbocycles. The van der Waals surface area contributed by atoms with Gasteiger partial charge in [0.2, 0.25) is 0 Å².